The number of guanidine groups is 1. The van der Waals surface area contributed by atoms with Crippen molar-refractivity contribution in [3.63, 3.8) is 0 Å². The molecule has 2 aliphatic heterocycles. The lowest BCUT2D eigenvalue weighted by atomic mass is 10.1. The number of piperidine rings is 1. The van der Waals surface area contributed by atoms with E-state index in [1.165, 1.54) is 24.1 Å². The lowest BCUT2D eigenvalue weighted by Crippen LogP contribution is -2.47. The molecule has 0 radical (unpaired) electrons. The van der Waals surface area contributed by atoms with Crippen LogP contribution in [0.25, 0.3) is 0 Å². The van der Waals surface area contributed by atoms with Gasteiger partial charge in [-0.2, -0.15) is 0 Å². The molecule has 0 amide bonds. The van der Waals surface area contributed by atoms with Crippen LogP contribution in [0, 0.1) is 0 Å². The first-order chi connectivity index (χ1) is 14.2. The van der Waals surface area contributed by atoms with E-state index in [2.05, 4.69) is 60.4 Å². The quantitative estimate of drug-likeness (QED) is 0.330. The van der Waals surface area contributed by atoms with Gasteiger partial charge in [-0.1, -0.05) is 12.1 Å². The lowest BCUT2D eigenvalue weighted by Gasteiger charge is -2.35. The molecule has 1 atom stereocenters. The molecule has 0 aliphatic carbocycles. The van der Waals surface area contributed by atoms with E-state index in [0.29, 0.717) is 18.8 Å². The van der Waals surface area contributed by atoms with Crippen LogP contribution in [0.15, 0.2) is 29.3 Å². The van der Waals surface area contributed by atoms with Gasteiger partial charge in [0, 0.05) is 46.0 Å². The van der Waals surface area contributed by atoms with E-state index >= 15 is 0 Å². The van der Waals surface area contributed by atoms with Crippen molar-refractivity contribution < 1.29 is 9.47 Å². The van der Waals surface area contributed by atoms with Gasteiger partial charge in [0.25, 0.3) is 0 Å². The summed E-state index contributed by atoms with van der Waals surface area (Å²) < 4.78 is 11.9. The molecular weight excluding hydrogens is 491 g/mol. The van der Waals surface area contributed by atoms with Gasteiger partial charge in [-0.05, 0) is 56.7 Å². The number of halogens is 1. The van der Waals surface area contributed by atoms with Gasteiger partial charge in [-0.25, -0.2) is 4.99 Å². The summed E-state index contributed by atoms with van der Waals surface area (Å²) in [4.78, 5) is 9.37. The third-order valence-corrected chi connectivity index (χ3v) is 5.73. The van der Waals surface area contributed by atoms with Crippen molar-refractivity contribution in [3.8, 4) is 0 Å². The number of aliphatic imine (C=N–C) groups is 1. The first kappa shape index (κ1) is 25.2. The molecule has 30 heavy (non-hydrogen) atoms. The highest BCUT2D eigenvalue weighted by Crippen LogP contribution is 2.18. The molecule has 7 heteroatoms. The van der Waals surface area contributed by atoms with Gasteiger partial charge < -0.3 is 24.6 Å². The number of nitrogens with zero attached hydrogens (tertiary/aromatic N) is 3. The standard InChI is InChI=1S/C23H38N4O2.HI/c1-4-24-23(25-17-19-8-10-20(11-9-19)26(2)3)27-14-12-21(13-15-27)29-18-22-7-5-6-16-28-22;/h8-11,21-22H,4-7,12-18H2,1-3H3,(H,24,25);1H. The molecule has 0 aromatic heterocycles. The number of nitrogens with one attached hydrogen (secondary N) is 1. The maximum absolute atomic E-state index is 6.15. The number of anilines is 1. The van der Waals surface area contributed by atoms with E-state index < -0.39 is 0 Å². The van der Waals surface area contributed by atoms with Crippen LogP contribution in [-0.4, -0.2) is 70.0 Å². The zero-order chi connectivity index (χ0) is 20.5. The molecule has 3 rings (SSSR count). The number of ether oxygens (including phenoxy) is 2. The summed E-state index contributed by atoms with van der Waals surface area (Å²) in [5.41, 5.74) is 2.45. The Kier molecular flexibility index (Phi) is 11.2. The fourth-order valence-corrected chi connectivity index (χ4v) is 3.91. The van der Waals surface area contributed by atoms with Crippen LogP contribution in [0.1, 0.15) is 44.6 Å². The zero-order valence-electron chi connectivity index (χ0n) is 18.8. The van der Waals surface area contributed by atoms with Crippen LogP contribution >= 0.6 is 24.0 Å². The minimum Gasteiger partial charge on any atom is -0.378 e. The maximum Gasteiger partial charge on any atom is 0.194 e. The molecule has 2 saturated heterocycles. The van der Waals surface area contributed by atoms with Gasteiger partial charge in [0.15, 0.2) is 5.96 Å². The summed E-state index contributed by atoms with van der Waals surface area (Å²) in [6.45, 7) is 7.33. The Labute approximate surface area is 199 Å². The summed E-state index contributed by atoms with van der Waals surface area (Å²) >= 11 is 0. The number of rotatable bonds is 7. The average molecular weight is 530 g/mol. The second-order valence-corrected chi connectivity index (χ2v) is 8.24. The van der Waals surface area contributed by atoms with Crippen molar-refractivity contribution >= 4 is 35.6 Å². The molecule has 1 N–H and O–H groups in total. The lowest BCUT2D eigenvalue weighted by molar-refractivity contribution is -0.0721. The first-order valence-corrected chi connectivity index (χ1v) is 11.2. The van der Waals surface area contributed by atoms with Crippen LogP contribution in [-0.2, 0) is 16.0 Å². The molecule has 1 aromatic carbocycles. The minimum absolute atomic E-state index is 0. The van der Waals surface area contributed by atoms with Crippen molar-refractivity contribution in [1.29, 1.82) is 0 Å². The fraction of sp³-hybridized carbons (Fsp3) is 0.696. The second kappa shape index (κ2) is 13.4. The predicted octanol–water partition coefficient (Wildman–Crippen LogP) is 3.89. The van der Waals surface area contributed by atoms with Crippen LogP contribution < -0.4 is 10.2 Å². The van der Waals surface area contributed by atoms with E-state index in [1.807, 2.05) is 0 Å². The summed E-state index contributed by atoms with van der Waals surface area (Å²) in [6, 6.07) is 8.62. The summed E-state index contributed by atoms with van der Waals surface area (Å²) in [5, 5.41) is 3.46. The highest BCUT2D eigenvalue weighted by atomic mass is 127. The highest BCUT2D eigenvalue weighted by Gasteiger charge is 2.23. The molecule has 2 heterocycles. The van der Waals surface area contributed by atoms with Crippen molar-refractivity contribution in [2.75, 3.05) is 51.8 Å². The Morgan fingerprint density at radius 1 is 1.17 bits per heavy atom. The molecule has 0 spiro atoms. The molecule has 0 saturated carbocycles. The molecule has 2 aliphatic rings. The van der Waals surface area contributed by atoms with E-state index in [0.717, 1.165) is 58.1 Å². The monoisotopic (exact) mass is 530 g/mol. The molecule has 6 nitrogen and oxygen atoms in total. The third-order valence-electron chi connectivity index (χ3n) is 5.73. The molecule has 1 unspecified atom stereocenters. The van der Waals surface area contributed by atoms with Crippen molar-refractivity contribution in [2.45, 2.75) is 57.8 Å². The highest BCUT2D eigenvalue weighted by molar-refractivity contribution is 14.0. The average Bonchev–Trinajstić information content (AvgIpc) is 2.76. The number of hydrogen-bond acceptors (Lipinski definition) is 4. The Hall–Kier alpha value is -1.06. The van der Waals surface area contributed by atoms with Gasteiger partial charge in [-0.3, -0.25) is 0 Å². The Morgan fingerprint density at radius 2 is 1.90 bits per heavy atom. The number of likely N-dealkylation sites (tertiary alicyclic amines) is 1. The van der Waals surface area contributed by atoms with Crippen LogP contribution in [0.2, 0.25) is 0 Å². The number of benzene rings is 1. The maximum atomic E-state index is 6.15. The fourth-order valence-electron chi connectivity index (χ4n) is 3.91. The molecule has 1 aromatic rings. The SMILES string of the molecule is CCNC(=NCc1ccc(N(C)C)cc1)N1CCC(OCC2CCCCO2)CC1.I. The molecular formula is C23H39IN4O2. The van der Waals surface area contributed by atoms with Gasteiger partial charge in [0.05, 0.1) is 25.4 Å². The zero-order valence-corrected chi connectivity index (χ0v) is 21.1. The smallest absolute Gasteiger partial charge is 0.194 e. The van der Waals surface area contributed by atoms with Crippen molar-refractivity contribution in [3.05, 3.63) is 29.8 Å². The number of hydrogen-bond donors (Lipinski definition) is 1. The second-order valence-electron chi connectivity index (χ2n) is 8.24. The Morgan fingerprint density at radius 3 is 2.50 bits per heavy atom. The van der Waals surface area contributed by atoms with Gasteiger partial charge in [-0.15, -0.1) is 24.0 Å². The van der Waals surface area contributed by atoms with Crippen molar-refractivity contribution in [1.82, 2.24) is 10.2 Å². The molecule has 0 bridgehead atoms. The van der Waals surface area contributed by atoms with Gasteiger partial charge in [0.2, 0.25) is 0 Å². The summed E-state index contributed by atoms with van der Waals surface area (Å²) in [6.07, 6.45) is 6.36. The third kappa shape index (κ3) is 7.89. The topological polar surface area (TPSA) is 49.3 Å². The van der Waals surface area contributed by atoms with Crippen LogP contribution in [0.4, 0.5) is 5.69 Å². The van der Waals surface area contributed by atoms with E-state index in [-0.39, 0.29) is 24.0 Å². The van der Waals surface area contributed by atoms with Gasteiger partial charge in [0.1, 0.15) is 0 Å². The molecule has 2 fully saturated rings. The summed E-state index contributed by atoms with van der Waals surface area (Å²) in [7, 11) is 4.12. The predicted molar refractivity (Wildman–Crippen MR) is 135 cm³/mol. The Balaban J connectivity index is 0.00000320. The van der Waals surface area contributed by atoms with E-state index in [1.54, 1.807) is 0 Å². The Bertz CT molecular complexity index is 625. The summed E-state index contributed by atoms with van der Waals surface area (Å²) in [5.74, 6) is 1.01. The van der Waals surface area contributed by atoms with Gasteiger partial charge >= 0.3 is 0 Å². The van der Waals surface area contributed by atoms with E-state index in [4.69, 9.17) is 14.5 Å². The minimum atomic E-state index is 0. The normalized spacial score (nSPS) is 20.6. The van der Waals surface area contributed by atoms with Crippen molar-refractivity contribution in [2.24, 2.45) is 4.99 Å². The molecule has 170 valence electrons. The van der Waals surface area contributed by atoms with Crippen LogP contribution in [0.3, 0.4) is 0 Å². The largest absolute Gasteiger partial charge is 0.378 e. The van der Waals surface area contributed by atoms with Crippen LogP contribution in [0.5, 0.6) is 0 Å². The van der Waals surface area contributed by atoms with E-state index in [9.17, 15) is 0 Å². The first-order valence-electron chi connectivity index (χ1n) is 11.2.